The van der Waals surface area contributed by atoms with Crippen molar-refractivity contribution in [3.05, 3.63) is 104 Å². The van der Waals surface area contributed by atoms with E-state index in [-0.39, 0.29) is 22.8 Å². The van der Waals surface area contributed by atoms with E-state index in [2.05, 4.69) is 4.98 Å². The van der Waals surface area contributed by atoms with Crippen LogP contribution in [0.15, 0.2) is 70.8 Å². The van der Waals surface area contributed by atoms with Crippen LogP contribution < -0.4 is 0 Å². The number of hydrogen-bond donors (Lipinski definition) is 1. The zero-order valence-electron chi connectivity index (χ0n) is 28.6. The molecule has 0 saturated heterocycles. The molecule has 0 fully saturated rings. The number of halogens is 5. The molecule has 1 N–H and O–H groups in total. The SMILES string of the molecule is CN([C@@H](CCCC[N+](C)(C)C)C(=O)O)S(=O)(=O)c1cc(F)c(CSc2ncc(C(C)(C)c3ccc(Cl)c(Cl)c3)n2-c2ccc(F)cc2)c(Cl)c1. The second kappa shape index (κ2) is 15.9. The molecular weight excluding hydrogens is 749 g/mol. The maximum Gasteiger partial charge on any atom is 0.322 e. The number of aromatic nitrogens is 2. The van der Waals surface area contributed by atoms with E-state index in [0.717, 1.165) is 46.0 Å². The molecule has 0 spiro atoms. The maximum absolute atomic E-state index is 15.7. The quantitative estimate of drug-likeness (QED) is 0.0737. The van der Waals surface area contributed by atoms with Crippen LogP contribution in [0.4, 0.5) is 8.78 Å². The Morgan fingerprint density at radius 2 is 1.66 bits per heavy atom. The van der Waals surface area contributed by atoms with Gasteiger partial charge in [-0.05, 0) is 73.4 Å². The molecule has 0 radical (unpaired) electrons. The summed E-state index contributed by atoms with van der Waals surface area (Å²) >= 11 is 20.2. The summed E-state index contributed by atoms with van der Waals surface area (Å²) < 4.78 is 60.0. The molecule has 0 bridgehead atoms. The lowest BCUT2D eigenvalue weighted by Gasteiger charge is -2.28. The third-order valence-corrected chi connectivity index (χ3v) is 12.4. The number of carboxylic acids is 1. The first-order valence-corrected chi connectivity index (χ1v) is 19.2. The van der Waals surface area contributed by atoms with Crippen molar-refractivity contribution in [1.29, 1.82) is 0 Å². The lowest BCUT2D eigenvalue weighted by molar-refractivity contribution is -0.870. The van der Waals surface area contributed by atoms with Crippen LogP contribution >= 0.6 is 46.6 Å². The minimum Gasteiger partial charge on any atom is -0.480 e. The first-order valence-electron chi connectivity index (χ1n) is 15.7. The van der Waals surface area contributed by atoms with Crippen LogP contribution in [0.3, 0.4) is 0 Å². The number of sulfonamides is 1. The summed E-state index contributed by atoms with van der Waals surface area (Å²) in [4.78, 5) is 16.3. The molecule has 4 aromatic rings. The summed E-state index contributed by atoms with van der Waals surface area (Å²) in [6.45, 7) is 4.75. The van der Waals surface area contributed by atoms with E-state index >= 15 is 4.39 Å². The Balaban J connectivity index is 1.63. The standard InChI is InChI=1S/C35H39Cl3F2N4O4S2/c1-35(2,22-10-15-27(36)29(38)17-22)32-20-41-34(43(32)24-13-11-23(39)12-14-24)49-21-26-28(37)18-25(19-30(26)40)50(47,48)42(3)31(33(45)46)9-7-8-16-44(4,5)6/h10-15,17-20,31H,7-9,16,21H2,1-6H3/p+1/t31-/m0/s1. The number of benzene rings is 3. The highest BCUT2D eigenvalue weighted by atomic mass is 35.5. The van der Waals surface area contributed by atoms with Crippen LogP contribution in [0.5, 0.6) is 0 Å². The molecular formula is C35H40Cl3F2N4O4S2+. The van der Waals surface area contributed by atoms with E-state index in [4.69, 9.17) is 34.8 Å². The van der Waals surface area contributed by atoms with Crippen molar-refractivity contribution in [3.63, 3.8) is 0 Å². The normalized spacial score (nSPS) is 13.2. The maximum atomic E-state index is 15.7. The first-order chi connectivity index (χ1) is 23.2. The molecule has 1 heterocycles. The van der Waals surface area contributed by atoms with E-state index in [1.54, 1.807) is 30.5 Å². The monoisotopic (exact) mass is 787 g/mol. The number of imidazole rings is 1. The predicted octanol–water partition coefficient (Wildman–Crippen LogP) is 8.68. The van der Waals surface area contributed by atoms with Crippen molar-refractivity contribution in [3.8, 4) is 5.69 Å². The summed E-state index contributed by atoms with van der Waals surface area (Å²) in [6, 6.07) is 11.8. The average Bonchev–Trinajstić information content (AvgIpc) is 3.46. The van der Waals surface area contributed by atoms with E-state index in [1.165, 1.54) is 19.2 Å². The molecule has 0 aliphatic carbocycles. The second-order valence-electron chi connectivity index (χ2n) is 13.5. The summed E-state index contributed by atoms with van der Waals surface area (Å²) in [6.07, 6.45) is 2.98. The van der Waals surface area contributed by atoms with Gasteiger partial charge in [0, 0.05) is 34.5 Å². The van der Waals surface area contributed by atoms with Crippen molar-refractivity contribution in [2.24, 2.45) is 0 Å². The number of carbonyl (C=O) groups is 1. The molecule has 270 valence electrons. The first kappa shape index (κ1) is 40.1. The van der Waals surface area contributed by atoms with Crippen LogP contribution in [-0.2, 0) is 26.0 Å². The van der Waals surface area contributed by atoms with Gasteiger partial charge in [0.05, 0.1) is 54.5 Å². The Hall–Kier alpha value is -2.71. The molecule has 1 atom stereocenters. The second-order valence-corrected chi connectivity index (χ2v) is 17.7. The fourth-order valence-electron chi connectivity index (χ4n) is 5.47. The number of likely N-dealkylation sites (N-methyl/N-ethyl adjacent to an activating group) is 1. The van der Waals surface area contributed by atoms with Gasteiger partial charge >= 0.3 is 5.97 Å². The molecule has 3 aromatic carbocycles. The van der Waals surface area contributed by atoms with Crippen molar-refractivity contribution in [1.82, 2.24) is 13.9 Å². The number of nitrogens with zero attached hydrogens (tertiary/aromatic N) is 4. The van der Waals surface area contributed by atoms with Crippen LogP contribution in [0.2, 0.25) is 15.1 Å². The number of thioether (sulfide) groups is 1. The van der Waals surface area contributed by atoms with Gasteiger partial charge in [0.25, 0.3) is 0 Å². The number of unbranched alkanes of at least 4 members (excludes halogenated alkanes) is 1. The molecule has 8 nitrogen and oxygen atoms in total. The van der Waals surface area contributed by atoms with Gasteiger partial charge in [0.1, 0.15) is 17.7 Å². The highest BCUT2D eigenvalue weighted by molar-refractivity contribution is 7.98. The fourth-order valence-corrected chi connectivity index (χ4v) is 8.60. The average molecular weight is 789 g/mol. The molecule has 0 saturated carbocycles. The molecule has 0 aliphatic rings. The summed E-state index contributed by atoms with van der Waals surface area (Å²) in [7, 11) is 2.81. The van der Waals surface area contributed by atoms with Crippen molar-refractivity contribution in [2.45, 2.75) is 60.4 Å². The Morgan fingerprint density at radius 3 is 2.24 bits per heavy atom. The van der Waals surface area contributed by atoms with Gasteiger partial charge in [-0.25, -0.2) is 22.2 Å². The molecule has 50 heavy (non-hydrogen) atoms. The van der Waals surface area contributed by atoms with Gasteiger partial charge < -0.3 is 9.59 Å². The molecule has 0 aliphatic heterocycles. The van der Waals surface area contributed by atoms with Crippen LogP contribution in [0.1, 0.15) is 49.9 Å². The van der Waals surface area contributed by atoms with Crippen LogP contribution in [0.25, 0.3) is 5.69 Å². The summed E-state index contributed by atoms with van der Waals surface area (Å²) in [5.74, 6) is -2.62. The Kier molecular flexibility index (Phi) is 12.7. The fraction of sp³-hybridized carbons (Fsp3) is 0.371. The number of aliphatic carboxylic acids is 1. The van der Waals surface area contributed by atoms with Gasteiger partial charge in [-0.1, -0.05) is 66.5 Å². The molecule has 4 rings (SSSR count). The van der Waals surface area contributed by atoms with Crippen molar-refractivity contribution < 1.29 is 31.6 Å². The zero-order valence-corrected chi connectivity index (χ0v) is 32.5. The number of rotatable bonds is 15. The number of quaternary nitrogens is 1. The number of hydrogen-bond acceptors (Lipinski definition) is 5. The molecule has 1 aromatic heterocycles. The third kappa shape index (κ3) is 9.20. The van der Waals surface area contributed by atoms with E-state index < -0.39 is 44.0 Å². The molecule has 0 unspecified atom stereocenters. The molecule has 0 amide bonds. The number of carboxylic acid groups (broad SMARTS) is 1. The van der Waals surface area contributed by atoms with Crippen molar-refractivity contribution in [2.75, 3.05) is 34.7 Å². The largest absolute Gasteiger partial charge is 0.480 e. The third-order valence-electron chi connectivity index (χ3n) is 8.51. The Morgan fingerprint density at radius 1 is 1.00 bits per heavy atom. The Labute approximate surface area is 311 Å². The van der Waals surface area contributed by atoms with Gasteiger partial charge in [-0.15, -0.1) is 0 Å². The highest BCUT2D eigenvalue weighted by Gasteiger charge is 2.34. The lowest BCUT2D eigenvalue weighted by Crippen LogP contribution is -2.42. The van der Waals surface area contributed by atoms with Gasteiger partial charge in [0.15, 0.2) is 5.16 Å². The van der Waals surface area contributed by atoms with Crippen LogP contribution in [-0.4, -0.2) is 78.6 Å². The van der Waals surface area contributed by atoms with Gasteiger partial charge in [-0.3, -0.25) is 9.36 Å². The van der Waals surface area contributed by atoms with Crippen LogP contribution in [0, 0.1) is 11.6 Å². The summed E-state index contributed by atoms with van der Waals surface area (Å²) in [5.41, 5.74) is 1.55. The van der Waals surface area contributed by atoms with Crippen molar-refractivity contribution >= 4 is 62.6 Å². The minimum atomic E-state index is -4.42. The highest BCUT2D eigenvalue weighted by Crippen LogP contribution is 2.39. The minimum absolute atomic E-state index is 0.0320. The van der Waals surface area contributed by atoms with E-state index in [0.29, 0.717) is 38.2 Å². The van der Waals surface area contributed by atoms with Gasteiger partial charge in [0.2, 0.25) is 10.0 Å². The van der Waals surface area contributed by atoms with Gasteiger partial charge in [-0.2, -0.15) is 4.31 Å². The Bertz CT molecular complexity index is 1940. The zero-order chi connectivity index (χ0) is 37.2. The predicted molar refractivity (Wildman–Crippen MR) is 196 cm³/mol. The smallest absolute Gasteiger partial charge is 0.322 e. The molecule has 15 heteroatoms. The summed E-state index contributed by atoms with van der Waals surface area (Å²) in [5, 5.41) is 10.9. The lowest BCUT2D eigenvalue weighted by atomic mass is 9.81. The van der Waals surface area contributed by atoms with E-state index in [9.17, 15) is 22.7 Å². The topological polar surface area (TPSA) is 92.5 Å². The van der Waals surface area contributed by atoms with E-state index in [1.807, 2.05) is 45.6 Å².